The van der Waals surface area contributed by atoms with E-state index in [2.05, 4.69) is 15.5 Å². The third-order valence-corrected chi connectivity index (χ3v) is 6.12. The Hall–Kier alpha value is -3.75. The molecule has 4 rings (SSSR count). The molecule has 1 N–H and O–H groups in total. The molecule has 33 heavy (non-hydrogen) atoms. The number of nitro groups is 1. The summed E-state index contributed by atoms with van der Waals surface area (Å²) >= 11 is 0. The Balaban J connectivity index is 1.62. The first-order valence-corrected chi connectivity index (χ1v) is 10.7. The fraction of sp³-hybridized carbons (Fsp3) is 0.333. The summed E-state index contributed by atoms with van der Waals surface area (Å²) in [5.74, 6) is -1.35. The van der Waals surface area contributed by atoms with E-state index < -0.39 is 22.1 Å². The first kappa shape index (κ1) is 22.4. The van der Waals surface area contributed by atoms with Crippen LogP contribution in [0, 0.1) is 27.3 Å². The molecule has 1 heterocycles. The van der Waals surface area contributed by atoms with Gasteiger partial charge in [0.2, 0.25) is 0 Å². The number of amides is 1. The number of halogens is 1. The van der Waals surface area contributed by atoms with Crippen LogP contribution < -0.4 is 5.43 Å². The van der Waals surface area contributed by atoms with Crippen LogP contribution in [0.5, 0.6) is 0 Å². The Morgan fingerprint density at radius 2 is 2.00 bits per heavy atom. The van der Waals surface area contributed by atoms with E-state index in [1.54, 1.807) is 32.0 Å². The highest BCUT2D eigenvalue weighted by Crippen LogP contribution is 2.31. The van der Waals surface area contributed by atoms with Crippen LogP contribution in [0.3, 0.4) is 0 Å². The van der Waals surface area contributed by atoms with Gasteiger partial charge >= 0.3 is 0 Å². The fourth-order valence-electron chi connectivity index (χ4n) is 4.20. The minimum Gasteiger partial charge on any atom is -0.299 e. The lowest BCUT2D eigenvalue weighted by Gasteiger charge is -2.23. The number of Topliss-reactive ketones (excluding diaryl/α,β-unsaturated/α-hetero) is 1. The molecule has 1 aliphatic heterocycles. The van der Waals surface area contributed by atoms with E-state index in [0.29, 0.717) is 48.4 Å². The van der Waals surface area contributed by atoms with Gasteiger partial charge in [0.1, 0.15) is 11.6 Å². The summed E-state index contributed by atoms with van der Waals surface area (Å²) in [7, 11) is 0. The van der Waals surface area contributed by atoms with Gasteiger partial charge in [0.25, 0.3) is 11.6 Å². The predicted octanol–water partition coefficient (Wildman–Crippen LogP) is 4.28. The van der Waals surface area contributed by atoms with Gasteiger partial charge in [-0.1, -0.05) is 12.1 Å². The number of carbonyl (C=O) groups excluding carboxylic acids is 2. The average molecular weight is 450 g/mol. The van der Waals surface area contributed by atoms with Crippen molar-refractivity contribution in [3.05, 3.63) is 69.5 Å². The Kier molecular flexibility index (Phi) is 5.88. The van der Waals surface area contributed by atoms with Crippen LogP contribution in [0.25, 0.3) is 0 Å². The second kappa shape index (κ2) is 8.65. The molecule has 0 radical (unpaired) electrons. The van der Waals surface area contributed by atoms with Crippen molar-refractivity contribution in [2.45, 2.75) is 39.5 Å². The van der Waals surface area contributed by atoms with Crippen molar-refractivity contribution in [1.29, 1.82) is 0 Å². The number of rotatable bonds is 5. The SMILES string of the molecule is CC1(C)C(=O)NN=C1c1ccc(N=C2CCCC(=O)C2Cc2cccc([N+](=O)[O-])c2)cc1F. The number of hydrazone groups is 1. The van der Waals surface area contributed by atoms with Crippen LogP contribution in [0.2, 0.25) is 0 Å². The molecule has 1 saturated carbocycles. The van der Waals surface area contributed by atoms with Crippen LogP contribution in [0.1, 0.15) is 44.2 Å². The number of nitrogens with one attached hydrogen (secondary N) is 1. The zero-order valence-electron chi connectivity index (χ0n) is 18.3. The van der Waals surface area contributed by atoms with E-state index in [4.69, 9.17) is 0 Å². The molecular weight excluding hydrogens is 427 g/mol. The van der Waals surface area contributed by atoms with Crippen LogP contribution in [0.15, 0.2) is 52.6 Å². The Morgan fingerprint density at radius 1 is 1.21 bits per heavy atom. The number of carbonyl (C=O) groups is 2. The maximum atomic E-state index is 14.9. The minimum atomic E-state index is -0.951. The van der Waals surface area contributed by atoms with E-state index in [1.165, 1.54) is 24.3 Å². The van der Waals surface area contributed by atoms with E-state index in [-0.39, 0.29) is 22.9 Å². The smallest absolute Gasteiger partial charge is 0.269 e. The van der Waals surface area contributed by atoms with Gasteiger partial charge in [-0.25, -0.2) is 9.82 Å². The zero-order chi connectivity index (χ0) is 23.8. The van der Waals surface area contributed by atoms with Gasteiger partial charge in [-0.3, -0.25) is 24.7 Å². The number of hydrogen-bond donors (Lipinski definition) is 1. The van der Waals surface area contributed by atoms with Gasteiger partial charge in [-0.15, -0.1) is 0 Å². The fourth-order valence-corrected chi connectivity index (χ4v) is 4.20. The zero-order valence-corrected chi connectivity index (χ0v) is 18.3. The first-order chi connectivity index (χ1) is 15.7. The molecule has 0 bridgehead atoms. The van der Waals surface area contributed by atoms with E-state index >= 15 is 0 Å². The van der Waals surface area contributed by atoms with Crippen LogP contribution in [-0.4, -0.2) is 28.0 Å². The third kappa shape index (κ3) is 4.44. The van der Waals surface area contributed by atoms with Crippen molar-refractivity contribution < 1.29 is 18.9 Å². The highest BCUT2D eigenvalue weighted by atomic mass is 19.1. The van der Waals surface area contributed by atoms with Gasteiger partial charge in [0.05, 0.1) is 27.7 Å². The van der Waals surface area contributed by atoms with Crippen LogP contribution in [0.4, 0.5) is 15.8 Å². The maximum Gasteiger partial charge on any atom is 0.269 e. The van der Waals surface area contributed by atoms with Crippen molar-refractivity contribution in [1.82, 2.24) is 5.43 Å². The quantitative estimate of drug-likeness (QED) is 0.541. The molecule has 2 aromatic carbocycles. The van der Waals surface area contributed by atoms with Crippen LogP contribution >= 0.6 is 0 Å². The Bertz CT molecular complexity index is 1220. The van der Waals surface area contributed by atoms with Crippen molar-refractivity contribution >= 4 is 34.5 Å². The van der Waals surface area contributed by atoms with Gasteiger partial charge in [-0.05, 0) is 50.8 Å². The maximum absolute atomic E-state index is 14.9. The summed E-state index contributed by atoms with van der Waals surface area (Å²) in [6, 6.07) is 10.7. The molecule has 170 valence electrons. The number of benzene rings is 2. The largest absolute Gasteiger partial charge is 0.299 e. The number of non-ortho nitro benzene ring substituents is 1. The van der Waals surface area contributed by atoms with Gasteiger partial charge in [-0.2, -0.15) is 5.10 Å². The molecule has 2 aliphatic rings. The lowest BCUT2D eigenvalue weighted by Crippen LogP contribution is -2.32. The van der Waals surface area contributed by atoms with E-state index in [0.717, 1.165) is 0 Å². The van der Waals surface area contributed by atoms with Gasteiger partial charge in [0.15, 0.2) is 0 Å². The number of nitrogens with zero attached hydrogens (tertiary/aromatic N) is 3. The Morgan fingerprint density at radius 3 is 2.67 bits per heavy atom. The summed E-state index contributed by atoms with van der Waals surface area (Å²) in [4.78, 5) is 39.8. The lowest BCUT2D eigenvalue weighted by atomic mass is 9.81. The normalized spacial score (nSPS) is 21.1. The number of nitro benzene ring substituents is 1. The molecule has 1 unspecified atom stereocenters. The molecule has 0 spiro atoms. The van der Waals surface area contributed by atoms with E-state index in [1.807, 2.05) is 0 Å². The van der Waals surface area contributed by atoms with Crippen molar-refractivity contribution in [2.75, 3.05) is 0 Å². The second-order valence-corrected chi connectivity index (χ2v) is 8.80. The number of aliphatic imine (C=N–C) groups is 1. The van der Waals surface area contributed by atoms with Crippen LogP contribution in [-0.2, 0) is 16.0 Å². The summed E-state index contributed by atoms with van der Waals surface area (Å²) < 4.78 is 14.9. The lowest BCUT2D eigenvalue weighted by molar-refractivity contribution is -0.384. The molecule has 8 nitrogen and oxygen atoms in total. The number of ketones is 1. The molecule has 0 aromatic heterocycles. The molecule has 1 aliphatic carbocycles. The van der Waals surface area contributed by atoms with Gasteiger partial charge in [0, 0.05) is 35.9 Å². The van der Waals surface area contributed by atoms with E-state index in [9.17, 15) is 24.1 Å². The molecular formula is C24H23FN4O4. The van der Waals surface area contributed by atoms with Crippen molar-refractivity contribution in [2.24, 2.45) is 21.4 Å². The predicted molar refractivity (Wildman–Crippen MR) is 121 cm³/mol. The van der Waals surface area contributed by atoms with Gasteiger partial charge < -0.3 is 0 Å². The standard InChI is InChI=1S/C24H23FN4O4/c1-24(2)22(27-28-23(24)31)17-10-9-15(13-19(17)25)26-20-7-4-8-21(30)18(20)12-14-5-3-6-16(11-14)29(32)33/h3,5-6,9-11,13,18H,4,7-8,12H2,1-2H3,(H,28,31). The van der Waals surface area contributed by atoms with Crippen molar-refractivity contribution in [3.8, 4) is 0 Å². The molecule has 1 atom stereocenters. The van der Waals surface area contributed by atoms with Crippen molar-refractivity contribution in [3.63, 3.8) is 0 Å². The highest BCUT2D eigenvalue weighted by molar-refractivity contribution is 6.19. The second-order valence-electron chi connectivity index (χ2n) is 8.80. The average Bonchev–Trinajstić information content (AvgIpc) is 3.03. The summed E-state index contributed by atoms with van der Waals surface area (Å²) in [5, 5.41) is 15.1. The molecule has 2 aromatic rings. The number of hydrogen-bond acceptors (Lipinski definition) is 6. The third-order valence-electron chi connectivity index (χ3n) is 6.12. The molecule has 1 amide bonds. The summed E-state index contributed by atoms with van der Waals surface area (Å²) in [6.45, 7) is 3.35. The monoisotopic (exact) mass is 450 g/mol. The summed E-state index contributed by atoms with van der Waals surface area (Å²) in [5.41, 5.74) is 3.62. The molecule has 9 heteroatoms. The summed E-state index contributed by atoms with van der Waals surface area (Å²) in [6.07, 6.45) is 1.97. The Labute approximate surface area is 189 Å². The highest BCUT2D eigenvalue weighted by Gasteiger charge is 2.40. The minimum absolute atomic E-state index is 0.0234. The molecule has 0 saturated heterocycles. The topological polar surface area (TPSA) is 114 Å². The first-order valence-electron chi connectivity index (χ1n) is 10.7. The molecule has 1 fully saturated rings.